The van der Waals surface area contributed by atoms with Gasteiger partial charge in [-0.3, -0.25) is 4.79 Å². The molecule has 5 heteroatoms. The number of hydrogen-bond donors (Lipinski definition) is 2. The number of nitrogens with two attached hydrogens (primary N) is 1. The Morgan fingerprint density at radius 1 is 1.40 bits per heavy atom. The third kappa shape index (κ3) is 3.25. The Morgan fingerprint density at radius 3 is 2.65 bits per heavy atom. The van der Waals surface area contributed by atoms with E-state index in [9.17, 15) is 4.79 Å². The van der Waals surface area contributed by atoms with E-state index in [1.807, 2.05) is 19.1 Å². The highest BCUT2D eigenvalue weighted by Gasteiger charge is 2.19. The van der Waals surface area contributed by atoms with Crippen molar-refractivity contribution in [3.05, 3.63) is 28.3 Å². The van der Waals surface area contributed by atoms with Crippen molar-refractivity contribution in [1.29, 1.82) is 0 Å². The normalized spacial score (nSPS) is 17.1. The standard InChI is InChI=1S/C15H21ClN2O2/c1-10-13(18-7-3-2-4-8-18)6-5-11(14(10)16)9-12(17)15(19)20/h5-6,12H,2-4,7-9,17H2,1H3,(H,19,20). The van der Waals surface area contributed by atoms with Gasteiger partial charge in [0.25, 0.3) is 0 Å². The average Bonchev–Trinajstić information content (AvgIpc) is 2.45. The summed E-state index contributed by atoms with van der Waals surface area (Å²) in [6.45, 7) is 4.11. The lowest BCUT2D eigenvalue weighted by atomic mass is 10.0. The zero-order valence-electron chi connectivity index (χ0n) is 11.7. The van der Waals surface area contributed by atoms with Crippen LogP contribution in [0.5, 0.6) is 0 Å². The molecule has 1 aliphatic heterocycles. The molecule has 0 amide bonds. The van der Waals surface area contributed by atoms with E-state index in [4.69, 9.17) is 22.4 Å². The van der Waals surface area contributed by atoms with E-state index in [0.29, 0.717) is 5.02 Å². The summed E-state index contributed by atoms with van der Waals surface area (Å²) in [4.78, 5) is 13.2. The fourth-order valence-electron chi connectivity index (χ4n) is 2.69. The summed E-state index contributed by atoms with van der Waals surface area (Å²) in [5.41, 5.74) is 8.56. The Morgan fingerprint density at radius 2 is 2.05 bits per heavy atom. The monoisotopic (exact) mass is 296 g/mol. The molecule has 4 nitrogen and oxygen atoms in total. The third-order valence-corrected chi connectivity index (χ3v) is 4.42. The van der Waals surface area contributed by atoms with Crippen molar-refractivity contribution in [2.24, 2.45) is 5.73 Å². The van der Waals surface area contributed by atoms with Crippen molar-refractivity contribution in [2.45, 2.75) is 38.6 Å². The van der Waals surface area contributed by atoms with E-state index < -0.39 is 12.0 Å². The topological polar surface area (TPSA) is 66.6 Å². The zero-order valence-corrected chi connectivity index (χ0v) is 12.5. The van der Waals surface area contributed by atoms with Crippen molar-refractivity contribution in [2.75, 3.05) is 18.0 Å². The first kappa shape index (κ1) is 15.1. The van der Waals surface area contributed by atoms with E-state index in [-0.39, 0.29) is 6.42 Å². The molecule has 1 heterocycles. The molecular weight excluding hydrogens is 276 g/mol. The highest BCUT2D eigenvalue weighted by molar-refractivity contribution is 6.32. The van der Waals surface area contributed by atoms with Gasteiger partial charge in [-0.15, -0.1) is 0 Å². The largest absolute Gasteiger partial charge is 0.480 e. The second-order valence-electron chi connectivity index (χ2n) is 5.38. The van der Waals surface area contributed by atoms with Crippen LogP contribution in [0.3, 0.4) is 0 Å². The maximum Gasteiger partial charge on any atom is 0.320 e. The van der Waals surface area contributed by atoms with Crippen LogP contribution < -0.4 is 10.6 Å². The number of carbonyl (C=O) groups is 1. The molecule has 0 aromatic heterocycles. The second kappa shape index (κ2) is 6.46. The number of rotatable bonds is 4. The van der Waals surface area contributed by atoms with Crippen LogP contribution >= 0.6 is 11.6 Å². The maximum atomic E-state index is 10.8. The van der Waals surface area contributed by atoms with Crippen LogP contribution in [0.2, 0.25) is 5.02 Å². The molecular formula is C15H21ClN2O2. The van der Waals surface area contributed by atoms with Crippen LogP contribution in [-0.4, -0.2) is 30.2 Å². The molecule has 0 aliphatic carbocycles. The highest BCUT2D eigenvalue weighted by Crippen LogP contribution is 2.32. The molecule has 1 aromatic rings. The molecule has 1 saturated heterocycles. The summed E-state index contributed by atoms with van der Waals surface area (Å²) in [5.74, 6) is -1.00. The second-order valence-corrected chi connectivity index (χ2v) is 5.76. The predicted octanol–water partition coefficient (Wildman–Crippen LogP) is 2.59. The van der Waals surface area contributed by atoms with Crippen LogP contribution in [0.4, 0.5) is 5.69 Å². The van der Waals surface area contributed by atoms with Gasteiger partial charge in [0.2, 0.25) is 0 Å². The van der Waals surface area contributed by atoms with Gasteiger partial charge in [-0.1, -0.05) is 17.7 Å². The summed E-state index contributed by atoms with van der Waals surface area (Å²) in [6.07, 6.45) is 3.97. The number of aliphatic carboxylic acids is 1. The van der Waals surface area contributed by atoms with Crippen LogP contribution in [0.15, 0.2) is 12.1 Å². The molecule has 0 saturated carbocycles. The molecule has 1 aliphatic rings. The molecule has 0 spiro atoms. The van der Waals surface area contributed by atoms with Crippen LogP contribution in [0.1, 0.15) is 30.4 Å². The molecule has 1 aromatic carbocycles. The summed E-state index contributed by atoms with van der Waals surface area (Å²) in [5, 5.41) is 9.53. The van der Waals surface area contributed by atoms with Crippen LogP contribution in [0.25, 0.3) is 0 Å². The number of carboxylic acid groups (broad SMARTS) is 1. The van der Waals surface area contributed by atoms with Gasteiger partial charge in [-0.25, -0.2) is 0 Å². The van der Waals surface area contributed by atoms with E-state index in [2.05, 4.69) is 4.90 Å². The summed E-state index contributed by atoms with van der Waals surface area (Å²) in [6, 6.07) is 3.03. The van der Waals surface area contributed by atoms with Crippen molar-refractivity contribution >= 4 is 23.3 Å². The molecule has 110 valence electrons. The van der Waals surface area contributed by atoms with Crippen molar-refractivity contribution < 1.29 is 9.90 Å². The Balaban J connectivity index is 2.22. The minimum absolute atomic E-state index is 0.259. The summed E-state index contributed by atoms with van der Waals surface area (Å²) >= 11 is 6.39. The lowest BCUT2D eigenvalue weighted by Gasteiger charge is -2.31. The van der Waals surface area contributed by atoms with Gasteiger partial charge in [-0.05, 0) is 49.8 Å². The summed E-state index contributed by atoms with van der Waals surface area (Å²) in [7, 11) is 0. The lowest BCUT2D eigenvalue weighted by Crippen LogP contribution is -2.32. The van der Waals surface area contributed by atoms with E-state index >= 15 is 0 Å². The van der Waals surface area contributed by atoms with Gasteiger partial charge in [-0.2, -0.15) is 0 Å². The van der Waals surface area contributed by atoms with Crippen LogP contribution in [0, 0.1) is 6.92 Å². The maximum absolute atomic E-state index is 10.8. The molecule has 3 N–H and O–H groups in total. The molecule has 20 heavy (non-hydrogen) atoms. The first-order valence-corrected chi connectivity index (χ1v) is 7.40. The van der Waals surface area contributed by atoms with Gasteiger partial charge in [0, 0.05) is 23.8 Å². The number of anilines is 1. The number of halogens is 1. The number of hydrogen-bond acceptors (Lipinski definition) is 3. The fraction of sp³-hybridized carbons (Fsp3) is 0.533. The van der Waals surface area contributed by atoms with E-state index in [1.54, 1.807) is 0 Å². The Hall–Kier alpha value is -1.26. The number of piperidine rings is 1. The van der Waals surface area contributed by atoms with Crippen molar-refractivity contribution in [3.63, 3.8) is 0 Å². The van der Waals surface area contributed by atoms with Crippen molar-refractivity contribution in [3.8, 4) is 0 Å². The molecule has 1 atom stereocenters. The van der Waals surface area contributed by atoms with Crippen molar-refractivity contribution in [1.82, 2.24) is 0 Å². The minimum atomic E-state index is -1.00. The van der Waals surface area contributed by atoms with Gasteiger partial charge in [0.05, 0.1) is 0 Å². The number of nitrogens with zero attached hydrogens (tertiary/aromatic N) is 1. The Bertz CT molecular complexity index is 499. The molecule has 0 bridgehead atoms. The first-order chi connectivity index (χ1) is 9.50. The molecule has 0 radical (unpaired) electrons. The Kier molecular flexibility index (Phi) is 4.89. The zero-order chi connectivity index (χ0) is 14.7. The molecule has 1 fully saturated rings. The quantitative estimate of drug-likeness (QED) is 0.896. The molecule has 1 unspecified atom stereocenters. The smallest absolute Gasteiger partial charge is 0.320 e. The minimum Gasteiger partial charge on any atom is -0.480 e. The van der Waals surface area contributed by atoms with Gasteiger partial charge in [0.15, 0.2) is 0 Å². The van der Waals surface area contributed by atoms with E-state index in [1.165, 1.54) is 19.3 Å². The first-order valence-electron chi connectivity index (χ1n) is 7.02. The lowest BCUT2D eigenvalue weighted by molar-refractivity contribution is -0.138. The predicted molar refractivity (Wildman–Crippen MR) is 81.6 cm³/mol. The number of carboxylic acids is 1. The van der Waals surface area contributed by atoms with Gasteiger partial charge in [0.1, 0.15) is 6.04 Å². The van der Waals surface area contributed by atoms with Gasteiger partial charge < -0.3 is 15.7 Å². The fourth-order valence-corrected chi connectivity index (χ4v) is 2.93. The average molecular weight is 297 g/mol. The van der Waals surface area contributed by atoms with E-state index in [0.717, 1.165) is 29.9 Å². The Labute approximate surface area is 124 Å². The summed E-state index contributed by atoms with van der Waals surface area (Å²) < 4.78 is 0. The number of benzene rings is 1. The van der Waals surface area contributed by atoms with Gasteiger partial charge >= 0.3 is 5.97 Å². The SMILES string of the molecule is Cc1c(N2CCCCC2)ccc(CC(N)C(=O)O)c1Cl. The molecule has 2 rings (SSSR count). The highest BCUT2D eigenvalue weighted by atomic mass is 35.5. The third-order valence-electron chi connectivity index (χ3n) is 3.89. The van der Waals surface area contributed by atoms with Crippen LogP contribution in [-0.2, 0) is 11.2 Å².